The van der Waals surface area contributed by atoms with Crippen molar-refractivity contribution in [2.75, 3.05) is 13.8 Å². The van der Waals surface area contributed by atoms with Gasteiger partial charge in [0.15, 0.2) is 23.3 Å². The van der Waals surface area contributed by atoms with Crippen molar-refractivity contribution < 1.29 is 9.47 Å². The van der Waals surface area contributed by atoms with Gasteiger partial charge in [-0.15, -0.1) is 34.2 Å². The zero-order chi connectivity index (χ0) is 19.5. The van der Waals surface area contributed by atoms with E-state index in [1.807, 2.05) is 30.7 Å². The van der Waals surface area contributed by atoms with E-state index in [2.05, 4.69) is 33.5 Å². The van der Waals surface area contributed by atoms with Crippen molar-refractivity contribution in [3.05, 3.63) is 35.4 Å². The molecule has 29 heavy (non-hydrogen) atoms. The number of benzene rings is 1. The second kappa shape index (κ2) is 9.64. The number of fused-ring (bicyclic) bond motifs is 1. The van der Waals surface area contributed by atoms with E-state index in [1.54, 1.807) is 0 Å². The van der Waals surface area contributed by atoms with E-state index in [4.69, 9.17) is 14.5 Å². The average molecular weight is 512 g/mol. The molecule has 1 aliphatic carbocycles. The lowest BCUT2D eigenvalue weighted by molar-refractivity contribution is 0.174. The Kier molecular flexibility index (Phi) is 7.20. The summed E-state index contributed by atoms with van der Waals surface area (Å²) in [4.78, 5) is 7.00. The highest BCUT2D eigenvalue weighted by atomic mass is 127. The van der Waals surface area contributed by atoms with Crippen LogP contribution in [0.15, 0.2) is 23.2 Å². The molecule has 8 nitrogen and oxygen atoms in total. The number of guanidine groups is 1. The molecule has 2 aliphatic rings. The summed E-state index contributed by atoms with van der Waals surface area (Å²) in [7, 11) is 4.04. The summed E-state index contributed by atoms with van der Waals surface area (Å²) in [5, 5.41) is 12.0. The van der Waals surface area contributed by atoms with Gasteiger partial charge in [0.1, 0.15) is 12.4 Å². The molecule has 2 aromatic rings. The van der Waals surface area contributed by atoms with E-state index in [-0.39, 0.29) is 24.0 Å². The third-order valence-corrected chi connectivity index (χ3v) is 5.46. The van der Waals surface area contributed by atoms with Gasteiger partial charge in [0, 0.05) is 26.7 Å². The minimum Gasteiger partial charge on any atom is -0.454 e. The third kappa shape index (κ3) is 5.12. The smallest absolute Gasteiger partial charge is 0.231 e. The van der Waals surface area contributed by atoms with Gasteiger partial charge in [-0.05, 0) is 37.5 Å². The van der Waals surface area contributed by atoms with Crippen LogP contribution in [0.4, 0.5) is 0 Å². The fraction of sp³-hybridized carbons (Fsp3) is 0.550. The van der Waals surface area contributed by atoms with Gasteiger partial charge >= 0.3 is 0 Å². The summed E-state index contributed by atoms with van der Waals surface area (Å²) in [6.07, 6.45) is 4.94. The predicted molar refractivity (Wildman–Crippen MR) is 122 cm³/mol. The van der Waals surface area contributed by atoms with Crippen LogP contribution in [0.1, 0.15) is 42.9 Å². The van der Waals surface area contributed by atoms with Gasteiger partial charge in [-0.25, -0.2) is 4.99 Å². The first-order chi connectivity index (χ1) is 13.6. The van der Waals surface area contributed by atoms with Crippen LogP contribution in [-0.2, 0) is 20.1 Å². The van der Waals surface area contributed by atoms with E-state index in [0.29, 0.717) is 19.4 Å². The summed E-state index contributed by atoms with van der Waals surface area (Å²) in [6, 6.07) is 6.57. The van der Waals surface area contributed by atoms with Crippen molar-refractivity contribution in [1.82, 2.24) is 25.0 Å². The van der Waals surface area contributed by atoms with Crippen LogP contribution < -0.4 is 14.8 Å². The molecule has 1 aromatic carbocycles. The number of aryl methyl sites for hydroxylation is 1. The Labute approximate surface area is 188 Å². The Bertz CT molecular complexity index is 863. The molecule has 1 saturated carbocycles. The molecule has 158 valence electrons. The number of nitrogens with zero attached hydrogens (tertiary/aromatic N) is 5. The average Bonchev–Trinajstić information content (AvgIpc) is 3.42. The molecule has 4 rings (SSSR count). The molecule has 0 spiro atoms. The number of aliphatic imine (C=N–C) groups is 1. The number of hydrogen-bond donors (Lipinski definition) is 1. The van der Waals surface area contributed by atoms with E-state index in [9.17, 15) is 0 Å². The second-order valence-corrected chi connectivity index (χ2v) is 7.53. The number of rotatable bonds is 5. The minimum atomic E-state index is 0. The van der Waals surface area contributed by atoms with Gasteiger partial charge in [-0.1, -0.05) is 18.9 Å². The van der Waals surface area contributed by atoms with Crippen LogP contribution in [0.2, 0.25) is 0 Å². The van der Waals surface area contributed by atoms with Crippen molar-refractivity contribution in [3.8, 4) is 11.5 Å². The van der Waals surface area contributed by atoms with Crippen LogP contribution in [0, 0.1) is 6.92 Å². The second-order valence-electron chi connectivity index (χ2n) is 7.53. The van der Waals surface area contributed by atoms with Crippen LogP contribution in [0.25, 0.3) is 0 Å². The molecule has 0 amide bonds. The van der Waals surface area contributed by atoms with E-state index in [0.717, 1.165) is 41.2 Å². The lowest BCUT2D eigenvalue weighted by Gasteiger charge is -2.25. The highest BCUT2D eigenvalue weighted by Crippen LogP contribution is 2.32. The fourth-order valence-electron chi connectivity index (χ4n) is 3.65. The fourth-order valence-corrected chi connectivity index (χ4v) is 3.65. The zero-order valence-corrected chi connectivity index (χ0v) is 19.6. The van der Waals surface area contributed by atoms with Gasteiger partial charge in [-0.2, -0.15) is 0 Å². The van der Waals surface area contributed by atoms with Gasteiger partial charge in [-0.3, -0.25) is 0 Å². The number of hydrogen-bond acceptors (Lipinski definition) is 5. The van der Waals surface area contributed by atoms with Gasteiger partial charge < -0.3 is 24.3 Å². The van der Waals surface area contributed by atoms with Crippen LogP contribution >= 0.6 is 24.0 Å². The molecule has 1 aromatic heterocycles. The topological polar surface area (TPSA) is 76.8 Å². The predicted octanol–water partition coefficient (Wildman–Crippen LogP) is 2.99. The first-order valence-electron chi connectivity index (χ1n) is 9.85. The molecule has 0 atom stereocenters. The Morgan fingerprint density at radius 1 is 1.24 bits per heavy atom. The van der Waals surface area contributed by atoms with Gasteiger partial charge in [0.25, 0.3) is 0 Å². The van der Waals surface area contributed by atoms with Crippen molar-refractivity contribution >= 4 is 29.9 Å². The lowest BCUT2D eigenvalue weighted by Crippen LogP contribution is -2.43. The van der Waals surface area contributed by atoms with Gasteiger partial charge in [0.2, 0.25) is 6.79 Å². The molecular weight excluding hydrogens is 483 g/mol. The monoisotopic (exact) mass is 512 g/mol. The molecular formula is C20H29IN6O2. The largest absolute Gasteiger partial charge is 0.454 e. The Morgan fingerprint density at radius 2 is 2.00 bits per heavy atom. The third-order valence-electron chi connectivity index (χ3n) is 5.46. The maximum atomic E-state index is 5.51. The Morgan fingerprint density at radius 3 is 2.72 bits per heavy atom. The van der Waals surface area contributed by atoms with Gasteiger partial charge in [0.05, 0.1) is 0 Å². The van der Waals surface area contributed by atoms with Crippen molar-refractivity contribution in [3.63, 3.8) is 0 Å². The summed E-state index contributed by atoms with van der Waals surface area (Å²) < 4.78 is 12.9. The number of halogens is 1. The first kappa shape index (κ1) is 21.7. The molecule has 1 fully saturated rings. The van der Waals surface area contributed by atoms with E-state index < -0.39 is 0 Å². The normalized spacial score (nSPS) is 16.0. The van der Waals surface area contributed by atoms with E-state index >= 15 is 0 Å². The summed E-state index contributed by atoms with van der Waals surface area (Å²) >= 11 is 0. The first-order valence-corrected chi connectivity index (χ1v) is 9.85. The SMILES string of the molecule is Cc1nnc(CN=C(NC2CCCC2)N(C)Cc2ccc3c(c2)OCO3)n1C.I. The molecule has 0 bridgehead atoms. The van der Waals surface area contributed by atoms with Crippen molar-refractivity contribution in [2.45, 2.75) is 51.7 Å². The Balaban J connectivity index is 0.00000240. The molecule has 0 radical (unpaired) electrons. The molecule has 1 aliphatic heterocycles. The van der Waals surface area contributed by atoms with Crippen LogP contribution in [0.3, 0.4) is 0 Å². The van der Waals surface area contributed by atoms with E-state index in [1.165, 1.54) is 25.7 Å². The molecule has 2 heterocycles. The number of aromatic nitrogens is 3. The lowest BCUT2D eigenvalue weighted by atomic mass is 10.2. The van der Waals surface area contributed by atoms with Crippen LogP contribution in [-0.4, -0.2) is 45.5 Å². The summed E-state index contributed by atoms with van der Waals surface area (Å²) in [6.45, 7) is 3.47. The Hall–Kier alpha value is -2.04. The van der Waals surface area contributed by atoms with Crippen LogP contribution in [0.5, 0.6) is 11.5 Å². The molecule has 0 unspecified atom stereocenters. The minimum absolute atomic E-state index is 0. The van der Waals surface area contributed by atoms with Crippen molar-refractivity contribution in [1.29, 1.82) is 0 Å². The summed E-state index contributed by atoms with van der Waals surface area (Å²) in [5.74, 6) is 4.26. The quantitative estimate of drug-likeness (QED) is 0.377. The highest BCUT2D eigenvalue weighted by Gasteiger charge is 2.19. The van der Waals surface area contributed by atoms with Crippen molar-refractivity contribution in [2.24, 2.45) is 12.0 Å². The number of ether oxygens (including phenoxy) is 2. The standard InChI is InChI=1S/C20H28N6O2.HI/c1-14-23-24-19(26(14)3)11-21-20(22-16-6-4-5-7-16)25(2)12-15-8-9-17-18(10-15)28-13-27-17;/h8-10,16H,4-7,11-13H2,1-3H3,(H,21,22);1H. The maximum absolute atomic E-state index is 5.51. The molecule has 1 N–H and O–H groups in total. The maximum Gasteiger partial charge on any atom is 0.231 e. The zero-order valence-electron chi connectivity index (χ0n) is 17.2. The molecule has 9 heteroatoms. The number of nitrogens with one attached hydrogen (secondary N) is 1. The highest BCUT2D eigenvalue weighted by molar-refractivity contribution is 14.0. The molecule has 0 saturated heterocycles. The summed E-state index contributed by atoms with van der Waals surface area (Å²) in [5.41, 5.74) is 1.15.